The maximum atomic E-state index is 12.4. The van der Waals surface area contributed by atoms with Gasteiger partial charge < -0.3 is 25.0 Å². The van der Waals surface area contributed by atoms with Crippen molar-refractivity contribution in [3.8, 4) is 11.5 Å². The maximum absolute atomic E-state index is 12.4. The summed E-state index contributed by atoms with van der Waals surface area (Å²) in [6.45, 7) is 0. The third-order valence-corrected chi connectivity index (χ3v) is 4.32. The molecule has 0 spiro atoms. The van der Waals surface area contributed by atoms with Gasteiger partial charge in [-0.1, -0.05) is 0 Å². The normalized spacial score (nSPS) is 10.2. The average molecular weight is 392 g/mol. The second kappa shape index (κ2) is 8.97. The van der Waals surface area contributed by atoms with Crippen molar-refractivity contribution in [1.82, 2.24) is 4.98 Å². The van der Waals surface area contributed by atoms with E-state index in [1.807, 2.05) is 61.5 Å². The molecule has 0 radical (unpaired) electrons. The topological polar surface area (TPSA) is 75.7 Å². The van der Waals surface area contributed by atoms with Crippen LogP contribution in [0.15, 0.2) is 60.8 Å². The Kier molecular flexibility index (Phi) is 6.19. The fourth-order valence-corrected chi connectivity index (χ4v) is 2.71. The lowest BCUT2D eigenvalue weighted by atomic mass is 10.2. The Balaban J connectivity index is 1.69. The molecule has 1 amide bonds. The summed E-state index contributed by atoms with van der Waals surface area (Å²) in [6.07, 6.45) is 1.60. The van der Waals surface area contributed by atoms with E-state index in [4.69, 9.17) is 9.47 Å². The predicted octanol–water partition coefficient (Wildman–Crippen LogP) is 4.16. The monoisotopic (exact) mass is 392 g/mol. The lowest BCUT2D eigenvalue weighted by Crippen LogP contribution is -2.14. The van der Waals surface area contributed by atoms with Gasteiger partial charge in [-0.25, -0.2) is 4.98 Å². The van der Waals surface area contributed by atoms with E-state index in [0.717, 1.165) is 17.1 Å². The van der Waals surface area contributed by atoms with Crippen molar-refractivity contribution in [3.63, 3.8) is 0 Å². The molecule has 7 nitrogen and oxygen atoms in total. The van der Waals surface area contributed by atoms with Gasteiger partial charge in [0.1, 0.15) is 17.2 Å². The third kappa shape index (κ3) is 4.95. The molecule has 29 heavy (non-hydrogen) atoms. The summed E-state index contributed by atoms with van der Waals surface area (Å²) < 4.78 is 10.6. The van der Waals surface area contributed by atoms with Crippen LogP contribution in [0.5, 0.6) is 11.5 Å². The number of ether oxygens (including phenoxy) is 2. The van der Waals surface area contributed by atoms with Crippen LogP contribution in [0.1, 0.15) is 10.5 Å². The molecule has 1 aromatic heterocycles. The molecule has 2 N–H and O–H groups in total. The third-order valence-electron chi connectivity index (χ3n) is 4.32. The van der Waals surface area contributed by atoms with Crippen molar-refractivity contribution in [1.29, 1.82) is 0 Å². The standard InChI is InChI=1S/C22H24N4O3/c1-26(2)17-8-5-15(6-9-17)25-22(27)19-11-7-16(14-23-19)24-20-13-18(28-3)10-12-21(20)29-4/h5-14,24H,1-4H3,(H,25,27). The summed E-state index contributed by atoms with van der Waals surface area (Å²) in [7, 11) is 7.14. The van der Waals surface area contributed by atoms with E-state index < -0.39 is 0 Å². The molecule has 0 aliphatic rings. The van der Waals surface area contributed by atoms with E-state index >= 15 is 0 Å². The van der Waals surface area contributed by atoms with Crippen molar-refractivity contribution < 1.29 is 14.3 Å². The number of pyridine rings is 1. The quantitative estimate of drug-likeness (QED) is 0.629. The number of aromatic nitrogens is 1. The minimum Gasteiger partial charge on any atom is -0.497 e. The Morgan fingerprint density at radius 2 is 1.66 bits per heavy atom. The van der Waals surface area contributed by atoms with E-state index in [0.29, 0.717) is 22.9 Å². The Bertz CT molecular complexity index is 970. The number of amides is 1. The molecule has 3 rings (SSSR count). The molecular formula is C22H24N4O3. The van der Waals surface area contributed by atoms with E-state index in [2.05, 4.69) is 15.6 Å². The molecule has 0 aliphatic heterocycles. The van der Waals surface area contributed by atoms with Crippen molar-refractivity contribution in [2.24, 2.45) is 0 Å². The number of hydrogen-bond donors (Lipinski definition) is 2. The van der Waals surface area contributed by atoms with Gasteiger partial charge in [0.2, 0.25) is 0 Å². The molecule has 3 aromatic rings. The zero-order valence-electron chi connectivity index (χ0n) is 16.9. The smallest absolute Gasteiger partial charge is 0.274 e. The lowest BCUT2D eigenvalue weighted by molar-refractivity contribution is 0.102. The molecule has 0 unspecified atom stereocenters. The highest BCUT2D eigenvalue weighted by molar-refractivity contribution is 6.03. The van der Waals surface area contributed by atoms with Gasteiger partial charge in [-0.15, -0.1) is 0 Å². The van der Waals surface area contributed by atoms with E-state index in [1.54, 1.807) is 32.5 Å². The van der Waals surface area contributed by atoms with Gasteiger partial charge in [0.05, 0.1) is 31.8 Å². The molecule has 0 atom stereocenters. The molecule has 0 saturated carbocycles. The average Bonchev–Trinajstić information content (AvgIpc) is 2.74. The van der Waals surface area contributed by atoms with Crippen molar-refractivity contribution in [2.45, 2.75) is 0 Å². The molecule has 7 heteroatoms. The number of carbonyl (C=O) groups excluding carboxylic acids is 1. The van der Waals surface area contributed by atoms with Crippen LogP contribution in [0.2, 0.25) is 0 Å². The van der Waals surface area contributed by atoms with Gasteiger partial charge in [-0.05, 0) is 48.5 Å². The van der Waals surface area contributed by atoms with Gasteiger partial charge in [0.15, 0.2) is 0 Å². The molecule has 2 aromatic carbocycles. The molecule has 0 fully saturated rings. The van der Waals surface area contributed by atoms with Crippen molar-refractivity contribution >= 4 is 28.7 Å². The van der Waals surface area contributed by atoms with E-state index in [-0.39, 0.29) is 5.91 Å². The van der Waals surface area contributed by atoms with Crippen LogP contribution in [0.3, 0.4) is 0 Å². The van der Waals surface area contributed by atoms with Crippen LogP contribution in [-0.2, 0) is 0 Å². The Hall–Kier alpha value is -3.74. The molecule has 1 heterocycles. The highest BCUT2D eigenvalue weighted by Gasteiger charge is 2.10. The summed E-state index contributed by atoms with van der Waals surface area (Å²) in [5.74, 6) is 1.11. The second-order valence-electron chi connectivity index (χ2n) is 6.52. The largest absolute Gasteiger partial charge is 0.497 e. The van der Waals surface area contributed by atoms with Crippen LogP contribution >= 0.6 is 0 Å². The van der Waals surface area contributed by atoms with Gasteiger partial charge >= 0.3 is 0 Å². The second-order valence-corrected chi connectivity index (χ2v) is 6.52. The maximum Gasteiger partial charge on any atom is 0.274 e. The Morgan fingerprint density at radius 3 is 2.24 bits per heavy atom. The summed E-state index contributed by atoms with van der Waals surface area (Å²) >= 11 is 0. The number of hydrogen-bond acceptors (Lipinski definition) is 6. The molecule has 150 valence electrons. The van der Waals surface area contributed by atoms with Crippen molar-refractivity contribution in [3.05, 3.63) is 66.5 Å². The fraction of sp³-hybridized carbons (Fsp3) is 0.182. The Labute approximate surface area is 170 Å². The van der Waals surface area contributed by atoms with Gasteiger partial charge in [-0.2, -0.15) is 0 Å². The number of methoxy groups -OCH3 is 2. The predicted molar refractivity (Wildman–Crippen MR) is 116 cm³/mol. The Morgan fingerprint density at radius 1 is 0.931 bits per heavy atom. The summed E-state index contributed by atoms with van der Waals surface area (Å²) in [5.41, 5.74) is 3.57. The number of nitrogens with zero attached hydrogens (tertiary/aromatic N) is 2. The molecule has 0 saturated heterocycles. The van der Waals surface area contributed by atoms with Crippen LogP contribution in [-0.4, -0.2) is 39.2 Å². The SMILES string of the molecule is COc1ccc(OC)c(Nc2ccc(C(=O)Nc3ccc(N(C)C)cc3)nc2)c1. The van der Waals surface area contributed by atoms with Gasteiger partial charge in [-0.3, -0.25) is 4.79 Å². The van der Waals surface area contributed by atoms with E-state index in [9.17, 15) is 4.79 Å². The zero-order valence-corrected chi connectivity index (χ0v) is 16.9. The van der Waals surface area contributed by atoms with Gasteiger partial charge in [0.25, 0.3) is 5.91 Å². The van der Waals surface area contributed by atoms with Crippen LogP contribution < -0.4 is 25.0 Å². The summed E-state index contributed by atoms with van der Waals surface area (Å²) in [4.78, 5) is 18.7. The number of benzene rings is 2. The van der Waals surface area contributed by atoms with Gasteiger partial charge in [0, 0.05) is 31.5 Å². The first-order valence-corrected chi connectivity index (χ1v) is 9.04. The van der Waals surface area contributed by atoms with Crippen molar-refractivity contribution in [2.75, 3.05) is 43.8 Å². The minimum atomic E-state index is -0.270. The summed E-state index contributed by atoms with van der Waals surface area (Å²) in [6, 6.07) is 16.5. The first kappa shape index (κ1) is 20.0. The van der Waals surface area contributed by atoms with Crippen LogP contribution in [0.4, 0.5) is 22.7 Å². The fourth-order valence-electron chi connectivity index (χ4n) is 2.71. The molecular weight excluding hydrogens is 368 g/mol. The minimum absolute atomic E-state index is 0.270. The summed E-state index contributed by atoms with van der Waals surface area (Å²) in [5, 5.41) is 6.08. The zero-order chi connectivity index (χ0) is 20.8. The molecule has 0 aliphatic carbocycles. The van der Waals surface area contributed by atoms with E-state index in [1.165, 1.54) is 0 Å². The first-order chi connectivity index (χ1) is 14.0. The van der Waals surface area contributed by atoms with Crippen LogP contribution in [0.25, 0.3) is 0 Å². The highest BCUT2D eigenvalue weighted by atomic mass is 16.5. The number of nitrogens with one attached hydrogen (secondary N) is 2. The number of carbonyl (C=O) groups is 1. The molecule has 0 bridgehead atoms. The highest BCUT2D eigenvalue weighted by Crippen LogP contribution is 2.31. The number of anilines is 4. The number of rotatable bonds is 7. The van der Waals surface area contributed by atoms with Crippen LogP contribution in [0, 0.1) is 0 Å². The first-order valence-electron chi connectivity index (χ1n) is 9.04. The lowest BCUT2D eigenvalue weighted by Gasteiger charge is -2.13.